The monoisotopic (exact) mass is 474 g/mol. The fourth-order valence-corrected chi connectivity index (χ4v) is 5.66. The van der Waals surface area contributed by atoms with Crippen LogP contribution in [0.1, 0.15) is 30.7 Å². The number of nitrogens with zero attached hydrogens (tertiary/aromatic N) is 1. The van der Waals surface area contributed by atoms with Crippen molar-refractivity contribution in [2.45, 2.75) is 51.7 Å². The van der Waals surface area contributed by atoms with E-state index in [1.165, 1.54) is 12.1 Å². The minimum Gasteiger partial charge on any atom is -0.369 e. The molecule has 0 aliphatic carbocycles. The summed E-state index contributed by atoms with van der Waals surface area (Å²) in [5.41, 5.74) is 5.25. The van der Waals surface area contributed by atoms with Crippen LogP contribution in [-0.2, 0) is 23.0 Å². The minimum absolute atomic E-state index is 0.239. The summed E-state index contributed by atoms with van der Waals surface area (Å²) in [6, 6.07) is 10.7. The summed E-state index contributed by atoms with van der Waals surface area (Å²) in [7, 11) is -1.75. The molecule has 3 nitrogen and oxygen atoms in total. The Labute approximate surface area is 181 Å². The van der Waals surface area contributed by atoms with E-state index in [0.29, 0.717) is 6.61 Å². The van der Waals surface area contributed by atoms with E-state index >= 15 is 0 Å². The quantitative estimate of drug-likeness (QED) is 0.380. The second-order valence-electron chi connectivity index (χ2n) is 8.44. The highest BCUT2D eigenvalue weighted by molar-refractivity contribution is 9.10. The summed E-state index contributed by atoms with van der Waals surface area (Å²) in [5, 5.41) is -0.376. The van der Waals surface area contributed by atoms with Gasteiger partial charge < -0.3 is 9.72 Å². The summed E-state index contributed by atoms with van der Waals surface area (Å²) in [6.07, 6.45) is 4.51. The average Bonchev–Trinajstić information content (AvgIpc) is 3.02. The highest BCUT2D eigenvalue weighted by Crippen LogP contribution is 2.39. The number of aryl methyl sites for hydroxylation is 1. The lowest BCUT2D eigenvalue weighted by molar-refractivity contribution is 0.00753. The number of hydrogen-bond donors (Lipinski definition) is 1. The minimum atomic E-state index is -1.75. The van der Waals surface area contributed by atoms with E-state index in [9.17, 15) is 4.39 Å². The Bertz CT molecular complexity index is 967. The third kappa shape index (κ3) is 4.39. The van der Waals surface area contributed by atoms with Crippen LogP contribution in [-0.4, -0.2) is 18.0 Å². The van der Waals surface area contributed by atoms with Gasteiger partial charge in [-0.1, -0.05) is 26.6 Å². The molecule has 154 valence electrons. The molecule has 1 aromatic carbocycles. The molecule has 0 fully saturated rings. The van der Waals surface area contributed by atoms with Gasteiger partial charge in [0.25, 0.3) is 0 Å². The van der Waals surface area contributed by atoms with E-state index < -0.39 is 8.07 Å². The van der Waals surface area contributed by atoms with E-state index in [0.717, 1.165) is 39.0 Å². The molecule has 1 N–H and O–H groups in total. The summed E-state index contributed by atoms with van der Waals surface area (Å²) in [6.45, 7) is 11.7. The van der Waals surface area contributed by atoms with E-state index in [1.807, 2.05) is 24.5 Å². The maximum absolute atomic E-state index is 13.4. The van der Waals surface area contributed by atoms with Gasteiger partial charge in [0.15, 0.2) is 0 Å². The molecule has 0 amide bonds. The summed E-state index contributed by atoms with van der Waals surface area (Å²) >= 11 is 3.76. The predicted octanol–water partition coefficient (Wildman–Crippen LogP) is 6.85. The lowest BCUT2D eigenvalue weighted by Gasteiger charge is -2.41. The van der Waals surface area contributed by atoms with Gasteiger partial charge in [-0.2, -0.15) is 0 Å². The van der Waals surface area contributed by atoms with Crippen LogP contribution < -0.4 is 0 Å². The molecule has 0 radical (unpaired) electrons. The lowest BCUT2D eigenvalue weighted by Crippen LogP contribution is -2.49. The summed E-state index contributed by atoms with van der Waals surface area (Å²) < 4.78 is 21.2. The van der Waals surface area contributed by atoms with Crippen LogP contribution in [0.15, 0.2) is 53.3 Å². The van der Waals surface area contributed by atoms with Crippen LogP contribution in [0.4, 0.5) is 4.39 Å². The van der Waals surface area contributed by atoms with Crippen molar-refractivity contribution in [3.05, 3.63) is 75.9 Å². The molecule has 1 unspecified atom stereocenters. The van der Waals surface area contributed by atoms with Crippen LogP contribution in [0.25, 0.3) is 11.3 Å². The number of pyridine rings is 1. The number of aromatic amines is 1. The normalized spacial score (nSPS) is 14.0. The van der Waals surface area contributed by atoms with Gasteiger partial charge in [-0.15, -0.1) is 0 Å². The molecule has 2 aromatic heterocycles. The largest absolute Gasteiger partial charge is 0.369 e. The first-order valence-corrected chi connectivity index (χ1v) is 14.2. The van der Waals surface area contributed by atoms with Crippen LogP contribution >= 0.6 is 15.9 Å². The Hall–Kier alpha value is -1.76. The molecule has 3 rings (SSSR count). The molecule has 3 aromatic rings. The molecule has 1 atom stereocenters. The molecule has 0 aliphatic rings. The number of aromatic nitrogens is 2. The Balaban J connectivity index is 2.01. The van der Waals surface area contributed by atoms with Gasteiger partial charge in [0.1, 0.15) is 5.82 Å². The first-order valence-electron chi connectivity index (χ1n) is 9.87. The molecule has 2 heterocycles. The van der Waals surface area contributed by atoms with E-state index in [4.69, 9.17) is 4.74 Å². The number of H-pyrrole nitrogens is 1. The standard InChI is InChI=1S/C23H28BrFN2OSi/c1-6-20-21(24)19(22(27-20)16-7-9-18(25)10-8-16)15-28-23(2,29(3,4)5)17-11-13-26-14-12-17/h7-14,27H,6,15H2,1-5H3. The predicted molar refractivity (Wildman–Crippen MR) is 123 cm³/mol. The highest BCUT2D eigenvalue weighted by Gasteiger charge is 2.42. The Kier molecular flexibility index (Phi) is 6.46. The zero-order valence-electron chi connectivity index (χ0n) is 17.6. The molecule has 6 heteroatoms. The topological polar surface area (TPSA) is 37.9 Å². The van der Waals surface area contributed by atoms with Gasteiger partial charge in [-0.25, -0.2) is 4.39 Å². The summed E-state index contributed by atoms with van der Waals surface area (Å²) in [5.74, 6) is -0.239. The van der Waals surface area contributed by atoms with Crippen molar-refractivity contribution >= 4 is 24.0 Å². The first kappa shape index (κ1) is 21.9. The van der Waals surface area contributed by atoms with Crippen LogP contribution in [0.3, 0.4) is 0 Å². The second-order valence-corrected chi connectivity index (χ2v) is 14.7. The molecular weight excluding hydrogens is 447 g/mol. The second kappa shape index (κ2) is 8.54. The number of ether oxygens (including phenoxy) is 1. The third-order valence-electron chi connectivity index (χ3n) is 5.76. The van der Waals surface area contributed by atoms with Crippen molar-refractivity contribution in [3.8, 4) is 11.3 Å². The third-order valence-corrected chi connectivity index (χ3v) is 10.0. The van der Waals surface area contributed by atoms with E-state index in [-0.39, 0.29) is 11.0 Å². The van der Waals surface area contributed by atoms with Gasteiger partial charge in [-0.05, 0) is 76.8 Å². The van der Waals surface area contributed by atoms with Crippen molar-refractivity contribution in [1.82, 2.24) is 9.97 Å². The molecule has 0 spiro atoms. The van der Waals surface area contributed by atoms with Gasteiger partial charge in [0.2, 0.25) is 0 Å². The van der Waals surface area contributed by atoms with Crippen molar-refractivity contribution in [2.24, 2.45) is 0 Å². The van der Waals surface area contributed by atoms with Crippen LogP contribution in [0.2, 0.25) is 19.6 Å². The zero-order chi connectivity index (χ0) is 21.2. The molecular formula is C23H28BrFN2OSi. The van der Waals surface area contributed by atoms with Gasteiger partial charge in [0.05, 0.1) is 25.6 Å². The fourth-order valence-electron chi connectivity index (χ4n) is 3.43. The number of hydrogen-bond acceptors (Lipinski definition) is 2. The Morgan fingerprint density at radius 2 is 1.72 bits per heavy atom. The summed E-state index contributed by atoms with van der Waals surface area (Å²) in [4.78, 5) is 7.67. The average molecular weight is 475 g/mol. The SMILES string of the molecule is CCc1[nH]c(-c2ccc(F)cc2)c(COC(C)(c2ccncc2)[Si](C)(C)C)c1Br. The van der Waals surface area contributed by atoms with Crippen molar-refractivity contribution < 1.29 is 9.13 Å². The fraction of sp³-hybridized carbons (Fsp3) is 0.348. The van der Waals surface area contributed by atoms with Gasteiger partial charge in [-0.3, -0.25) is 4.98 Å². The van der Waals surface area contributed by atoms with Crippen LogP contribution in [0.5, 0.6) is 0 Å². The first-order chi connectivity index (χ1) is 13.7. The van der Waals surface area contributed by atoms with Crippen molar-refractivity contribution in [2.75, 3.05) is 0 Å². The smallest absolute Gasteiger partial charge is 0.123 e. The number of benzene rings is 1. The number of halogens is 2. The Morgan fingerprint density at radius 1 is 1.10 bits per heavy atom. The number of nitrogens with one attached hydrogen (secondary N) is 1. The molecule has 0 bridgehead atoms. The molecule has 0 saturated heterocycles. The number of rotatable bonds is 7. The van der Waals surface area contributed by atoms with Crippen LogP contribution in [0, 0.1) is 5.82 Å². The van der Waals surface area contributed by atoms with Gasteiger partial charge >= 0.3 is 0 Å². The maximum atomic E-state index is 13.4. The van der Waals surface area contributed by atoms with Crippen molar-refractivity contribution in [1.29, 1.82) is 0 Å². The molecule has 0 aliphatic heterocycles. The zero-order valence-corrected chi connectivity index (χ0v) is 20.2. The van der Waals surface area contributed by atoms with Crippen molar-refractivity contribution in [3.63, 3.8) is 0 Å². The maximum Gasteiger partial charge on any atom is 0.123 e. The van der Waals surface area contributed by atoms with E-state index in [1.54, 1.807) is 12.1 Å². The Morgan fingerprint density at radius 3 is 2.28 bits per heavy atom. The molecule has 0 saturated carbocycles. The lowest BCUT2D eigenvalue weighted by atomic mass is 10.1. The highest BCUT2D eigenvalue weighted by atomic mass is 79.9. The van der Waals surface area contributed by atoms with E-state index in [2.05, 4.69) is 59.4 Å². The van der Waals surface area contributed by atoms with Gasteiger partial charge in [0, 0.05) is 28.1 Å². The molecule has 29 heavy (non-hydrogen) atoms.